The Labute approximate surface area is 110 Å². The van der Waals surface area contributed by atoms with Gasteiger partial charge in [0.2, 0.25) is 0 Å². The van der Waals surface area contributed by atoms with Crippen LogP contribution in [0.25, 0.3) is 0 Å². The summed E-state index contributed by atoms with van der Waals surface area (Å²) in [6.07, 6.45) is 4.64. The van der Waals surface area contributed by atoms with Crippen molar-refractivity contribution in [2.75, 3.05) is 13.1 Å². The summed E-state index contributed by atoms with van der Waals surface area (Å²) in [5, 5.41) is 8.05. The molecule has 1 N–H and O–H groups in total. The monoisotopic (exact) mass is 250 g/mol. The summed E-state index contributed by atoms with van der Waals surface area (Å²) in [7, 11) is 1.98. The van der Waals surface area contributed by atoms with Crippen LogP contribution in [0.5, 0.6) is 0 Å². The number of aryl methyl sites for hydroxylation is 2. The van der Waals surface area contributed by atoms with E-state index in [1.165, 1.54) is 31.5 Å². The highest BCUT2D eigenvalue weighted by Crippen LogP contribution is 2.14. The highest BCUT2D eigenvalue weighted by molar-refractivity contribution is 5.14. The van der Waals surface area contributed by atoms with Gasteiger partial charge in [-0.15, -0.1) is 0 Å². The maximum atomic E-state index is 4.38. The molecule has 0 atom stereocenters. The van der Waals surface area contributed by atoms with Crippen LogP contribution in [0.3, 0.4) is 0 Å². The molecular formula is C14H26N4. The molecule has 1 saturated heterocycles. The molecule has 1 aliphatic rings. The Morgan fingerprint density at radius 2 is 2.06 bits per heavy atom. The fourth-order valence-corrected chi connectivity index (χ4v) is 2.70. The topological polar surface area (TPSA) is 33.1 Å². The van der Waals surface area contributed by atoms with E-state index >= 15 is 0 Å². The molecule has 2 rings (SSSR count). The molecule has 2 heterocycles. The number of piperidine rings is 1. The van der Waals surface area contributed by atoms with E-state index in [-0.39, 0.29) is 0 Å². The van der Waals surface area contributed by atoms with Crippen molar-refractivity contribution in [2.24, 2.45) is 7.05 Å². The lowest BCUT2D eigenvalue weighted by molar-refractivity contribution is 0.161. The first kappa shape index (κ1) is 13.6. The minimum absolute atomic E-state index is 0.666. The van der Waals surface area contributed by atoms with E-state index in [9.17, 15) is 0 Å². The maximum absolute atomic E-state index is 4.38. The Morgan fingerprint density at radius 3 is 2.56 bits per heavy atom. The molecule has 0 amide bonds. The van der Waals surface area contributed by atoms with Gasteiger partial charge in [-0.1, -0.05) is 0 Å². The van der Waals surface area contributed by atoms with Crippen LogP contribution in [0.15, 0.2) is 6.20 Å². The Bertz CT molecular complexity index is 375. The third kappa shape index (κ3) is 3.33. The van der Waals surface area contributed by atoms with Crippen LogP contribution in [0, 0.1) is 6.92 Å². The molecule has 0 aliphatic carbocycles. The zero-order chi connectivity index (χ0) is 13.1. The minimum atomic E-state index is 0.666. The van der Waals surface area contributed by atoms with Crippen molar-refractivity contribution in [3.8, 4) is 0 Å². The van der Waals surface area contributed by atoms with Gasteiger partial charge in [-0.25, -0.2) is 0 Å². The number of hydrogen-bond donors (Lipinski definition) is 1. The summed E-state index contributed by atoms with van der Waals surface area (Å²) < 4.78 is 1.90. The fraction of sp³-hybridized carbons (Fsp3) is 0.786. The molecule has 0 saturated carbocycles. The molecule has 4 nitrogen and oxygen atoms in total. The molecule has 18 heavy (non-hydrogen) atoms. The van der Waals surface area contributed by atoms with Crippen molar-refractivity contribution in [3.05, 3.63) is 17.5 Å². The first-order valence-electron chi connectivity index (χ1n) is 7.03. The van der Waals surface area contributed by atoms with Gasteiger partial charge in [-0.2, -0.15) is 5.10 Å². The van der Waals surface area contributed by atoms with Crippen LogP contribution in [0.2, 0.25) is 0 Å². The smallest absolute Gasteiger partial charge is 0.0638 e. The number of likely N-dealkylation sites (tertiary alicyclic amines) is 1. The second-order valence-corrected chi connectivity index (χ2v) is 5.70. The predicted octanol–water partition coefficient (Wildman–Crippen LogP) is 1.69. The summed E-state index contributed by atoms with van der Waals surface area (Å²) in [5.41, 5.74) is 2.47. The molecule has 4 heteroatoms. The van der Waals surface area contributed by atoms with E-state index < -0.39 is 0 Å². The zero-order valence-electron chi connectivity index (χ0n) is 12.1. The van der Waals surface area contributed by atoms with Gasteiger partial charge in [0, 0.05) is 37.4 Å². The van der Waals surface area contributed by atoms with Gasteiger partial charge < -0.3 is 10.2 Å². The first-order chi connectivity index (χ1) is 8.56. The lowest BCUT2D eigenvalue weighted by Crippen LogP contribution is -2.44. The standard InChI is InChI=1S/C14H26N4/c1-11(2)18-7-5-14(6-8-18)15-9-13-10-17(4)16-12(13)3/h10-11,14-15H,5-9H2,1-4H3. The van der Waals surface area contributed by atoms with Crippen molar-refractivity contribution in [3.63, 3.8) is 0 Å². The molecule has 1 aliphatic heterocycles. The fourth-order valence-electron chi connectivity index (χ4n) is 2.70. The van der Waals surface area contributed by atoms with E-state index in [2.05, 4.69) is 42.3 Å². The van der Waals surface area contributed by atoms with Gasteiger partial charge in [0.05, 0.1) is 5.69 Å². The Morgan fingerprint density at radius 1 is 1.39 bits per heavy atom. The second-order valence-electron chi connectivity index (χ2n) is 5.70. The third-order valence-electron chi connectivity index (χ3n) is 3.96. The first-order valence-corrected chi connectivity index (χ1v) is 7.03. The summed E-state index contributed by atoms with van der Waals surface area (Å²) in [6.45, 7) is 10.0. The molecule has 1 fully saturated rings. The van der Waals surface area contributed by atoms with Crippen LogP contribution < -0.4 is 5.32 Å². The van der Waals surface area contributed by atoms with Gasteiger partial charge >= 0.3 is 0 Å². The molecule has 0 bridgehead atoms. The maximum Gasteiger partial charge on any atom is 0.0638 e. The number of nitrogens with zero attached hydrogens (tertiary/aromatic N) is 3. The quantitative estimate of drug-likeness (QED) is 0.883. The summed E-state index contributed by atoms with van der Waals surface area (Å²) in [5.74, 6) is 0. The second kappa shape index (κ2) is 5.85. The molecule has 0 spiro atoms. The van der Waals surface area contributed by atoms with Gasteiger partial charge in [-0.05, 0) is 46.7 Å². The zero-order valence-corrected chi connectivity index (χ0v) is 12.1. The molecule has 1 aromatic rings. The van der Waals surface area contributed by atoms with E-state index in [0.717, 1.165) is 12.2 Å². The van der Waals surface area contributed by atoms with Crippen molar-refractivity contribution >= 4 is 0 Å². The molecule has 0 aromatic carbocycles. The van der Waals surface area contributed by atoms with E-state index in [4.69, 9.17) is 0 Å². The SMILES string of the molecule is Cc1nn(C)cc1CNC1CCN(C(C)C)CC1. The number of hydrogen-bond acceptors (Lipinski definition) is 3. The van der Waals surface area contributed by atoms with Crippen LogP contribution in [-0.4, -0.2) is 39.9 Å². The predicted molar refractivity (Wildman–Crippen MR) is 74.5 cm³/mol. The molecule has 0 radical (unpaired) electrons. The van der Waals surface area contributed by atoms with Crippen LogP contribution in [-0.2, 0) is 13.6 Å². The number of nitrogens with one attached hydrogen (secondary N) is 1. The lowest BCUT2D eigenvalue weighted by atomic mass is 10.0. The van der Waals surface area contributed by atoms with Gasteiger partial charge in [0.1, 0.15) is 0 Å². The summed E-state index contributed by atoms with van der Waals surface area (Å²) in [4.78, 5) is 2.56. The van der Waals surface area contributed by atoms with E-state index in [1.807, 2.05) is 11.7 Å². The van der Waals surface area contributed by atoms with Crippen molar-refractivity contribution in [2.45, 2.75) is 52.2 Å². The van der Waals surface area contributed by atoms with Crippen molar-refractivity contribution < 1.29 is 0 Å². The molecule has 0 unspecified atom stereocenters. The van der Waals surface area contributed by atoms with Crippen LogP contribution >= 0.6 is 0 Å². The molecule has 1 aromatic heterocycles. The van der Waals surface area contributed by atoms with E-state index in [1.54, 1.807) is 0 Å². The number of aromatic nitrogens is 2. The molecular weight excluding hydrogens is 224 g/mol. The lowest BCUT2D eigenvalue weighted by Gasteiger charge is -2.35. The summed E-state index contributed by atoms with van der Waals surface area (Å²) >= 11 is 0. The average Bonchev–Trinajstić information content (AvgIpc) is 2.66. The minimum Gasteiger partial charge on any atom is -0.310 e. The summed E-state index contributed by atoms with van der Waals surface area (Å²) in [6, 6.07) is 1.35. The highest BCUT2D eigenvalue weighted by atomic mass is 15.3. The molecule has 102 valence electrons. The Balaban J connectivity index is 1.77. The van der Waals surface area contributed by atoms with Gasteiger partial charge in [-0.3, -0.25) is 4.68 Å². The van der Waals surface area contributed by atoms with Crippen LogP contribution in [0.4, 0.5) is 0 Å². The Hall–Kier alpha value is -0.870. The third-order valence-corrected chi connectivity index (χ3v) is 3.96. The van der Waals surface area contributed by atoms with Crippen molar-refractivity contribution in [1.29, 1.82) is 0 Å². The van der Waals surface area contributed by atoms with E-state index in [0.29, 0.717) is 12.1 Å². The van der Waals surface area contributed by atoms with Crippen molar-refractivity contribution in [1.82, 2.24) is 20.0 Å². The van der Waals surface area contributed by atoms with Gasteiger partial charge in [0.25, 0.3) is 0 Å². The average molecular weight is 250 g/mol. The van der Waals surface area contributed by atoms with Crippen LogP contribution in [0.1, 0.15) is 37.9 Å². The van der Waals surface area contributed by atoms with Gasteiger partial charge in [0.15, 0.2) is 0 Å². The number of rotatable bonds is 4. The Kier molecular flexibility index (Phi) is 4.40. The highest BCUT2D eigenvalue weighted by Gasteiger charge is 2.20. The normalized spacial score (nSPS) is 18.7. The largest absolute Gasteiger partial charge is 0.310 e.